The van der Waals surface area contributed by atoms with E-state index >= 15 is 0 Å². The molecule has 0 aromatic rings. The fourth-order valence-corrected chi connectivity index (χ4v) is 3.52. The number of hydrogen-bond donors (Lipinski definition) is 2. The van der Waals surface area contributed by atoms with E-state index in [2.05, 4.69) is 10.1 Å². The van der Waals surface area contributed by atoms with Crippen LogP contribution in [-0.4, -0.2) is 49.7 Å². The minimum absolute atomic E-state index is 0.00147. The van der Waals surface area contributed by atoms with E-state index in [1.54, 1.807) is 0 Å². The van der Waals surface area contributed by atoms with Gasteiger partial charge in [-0.1, -0.05) is 19.3 Å². The predicted molar refractivity (Wildman–Crippen MR) is 79.7 cm³/mol. The normalized spacial score (nSPS) is 24.7. The van der Waals surface area contributed by atoms with Crippen molar-refractivity contribution in [3.8, 4) is 0 Å². The van der Waals surface area contributed by atoms with Crippen molar-refractivity contribution in [1.82, 2.24) is 10.2 Å². The van der Waals surface area contributed by atoms with Crippen molar-refractivity contribution in [2.45, 2.75) is 51.0 Å². The third-order valence-electron chi connectivity index (χ3n) is 4.92. The summed E-state index contributed by atoms with van der Waals surface area (Å²) in [6.45, 7) is 1.87. The van der Waals surface area contributed by atoms with Crippen LogP contribution < -0.4 is 11.1 Å². The average Bonchev–Trinajstić information content (AvgIpc) is 2.96. The highest BCUT2D eigenvalue weighted by Crippen LogP contribution is 2.39. The van der Waals surface area contributed by atoms with Crippen LogP contribution in [0.4, 0.5) is 4.79 Å². The van der Waals surface area contributed by atoms with E-state index in [1.807, 2.05) is 4.90 Å². The molecule has 1 saturated carbocycles. The first-order valence-electron chi connectivity index (χ1n) is 7.91. The maximum Gasteiger partial charge on any atom is 0.407 e. The van der Waals surface area contributed by atoms with Crippen molar-refractivity contribution < 1.29 is 14.3 Å². The molecule has 2 fully saturated rings. The highest BCUT2D eigenvalue weighted by atomic mass is 16.5. The standard InChI is InChI=1S/C15H27N3O3/c1-21-14(20)17-12-5-8-18(10-12)13(19)9-15(11-16)6-3-2-4-7-15/h12H,2-11,16H2,1H3,(H,17,20). The largest absolute Gasteiger partial charge is 0.453 e. The third kappa shape index (κ3) is 4.09. The Morgan fingerprint density at radius 2 is 2.05 bits per heavy atom. The van der Waals surface area contributed by atoms with Gasteiger partial charge in [0.1, 0.15) is 0 Å². The van der Waals surface area contributed by atoms with Crippen molar-refractivity contribution in [3.63, 3.8) is 0 Å². The zero-order chi connectivity index (χ0) is 15.3. The molecular weight excluding hydrogens is 270 g/mol. The summed E-state index contributed by atoms with van der Waals surface area (Å²) in [6.07, 6.45) is 6.64. The van der Waals surface area contributed by atoms with Crippen LogP contribution in [0, 0.1) is 5.41 Å². The molecule has 0 bridgehead atoms. The minimum atomic E-state index is -0.431. The number of nitrogens with zero attached hydrogens (tertiary/aromatic N) is 1. The molecule has 1 unspecified atom stereocenters. The van der Waals surface area contributed by atoms with Crippen molar-refractivity contribution >= 4 is 12.0 Å². The molecule has 120 valence electrons. The van der Waals surface area contributed by atoms with E-state index in [1.165, 1.54) is 26.4 Å². The first-order valence-corrected chi connectivity index (χ1v) is 7.91. The summed E-state index contributed by atoms with van der Waals surface area (Å²) < 4.78 is 4.59. The Morgan fingerprint density at radius 1 is 1.33 bits per heavy atom. The summed E-state index contributed by atoms with van der Waals surface area (Å²) in [4.78, 5) is 25.6. The van der Waals surface area contributed by atoms with Crippen LogP contribution in [0.15, 0.2) is 0 Å². The van der Waals surface area contributed by atoms with Crippen LogP contribution in [0.1, 0.15) is 44.9 Å². The van der Waals surface area contributed by atoms with Crippen molar-refractivity contribution in [1.29, 1.82) is 0 Å². The summed E-state index contributed by atoms with van der Waals surface area (Å²) in [5, 5.41) is 2.76. The second-order valence-electron chi connectivity index (χ2n) is 6.40. The van der Waals surface area contributed by atoms with Gasteiger partial charge >= 0.3 is 6.09 Å². The Morgan fingerprint density at radius 3 is 2.67 bits per heavy atom. The maximum absolute atomic E-state index is 12.5. The molecule has 2 rings (SSSR count). The molecule has 0 aromatic heterocycles. The van der Waals surface area contributed by atoms with Crippen LogP contribution in [-0.2, 0) is 9.53 Å². The molecule has 21 heavy (non-hydrogen) atoms. The Balaban J connectivity index is 1.85. The minimum Gasteiger partial charge on any atom is -0.453 e. The molecule has 0 radical (unpaired) electrons. The van der Waals surface area contributed by atoms with E-state index < -0.39 is 6.09 Å². The lowest BCUT2D eigenvalue weighted by Crippen LogP contribution is -2.42. The van der Waals surface area contributed by atoms with Crippen LogP contribution in [0.2, 0.25) is 0 Å². The van der Waals surface area contributed by atoms with Gasteiger partial charge in [-0.3, -0.25) is 4.79 Å². The van der Waals surface area contributed by atoms with Crippen LogP contribution in [0.25, 0.3) is 0 Å². The van der Waals surface area contributed by atoms with Gasteiger partial charge in [0.15, 0.2) is 0 Å². The number of rotatable bonds is 4. The molecule has 3 N–H and O–H groups in total. The molecule has 6 nitrogen and oxygen atoms in total. The quantitative estimate of drug-likeness (QED) is 0.817. The number of nitrogens with one attached hydrogen (secondary N) is 1. The number of carbonyl (C=O) groups is 2. The number of ether oxygens (including phenoxy) is 1. The Bertz CT molecular complexity index is 380. The van der Waals surface area contributed by atoms with E-state index in [0.29, 0.717) is 26.1 Å². The first-order chi connectivity index (χ1) is 10.1. The lowest BCUT2D eigenvalue weighted by atomic mass is 9.71. The number of hydrogen-bond acceptors (Lipinski definition) is 4. The van der Waals surface area contributed by atoms with Crippen molar-refractivity contribution in [2.75, 3.05) is 26.7 Å². The molecule has 2 amide bonds. The fraction of sp³-hybridized carbons (Fsp3) is 0.867. The number of likely N-dealkylation sites (tertiary alicyclic amines) is 1. The van der Waals surface area contributed by atoms with Crippen LogP contribution in [0.3, 0.4) is 0 Å². The van der Waals surface area contributed by atoms with Gasteiger partial charge in [0.2, 0.25) is 5.91 Å². The topological polar surface area (TPSA) is 84.7 Å². The number of amides is 2. The second-order valence-corrected chi connectivity index (χ2v) is 6.40. The molecule has 0 aromatic carbocycles. The van der Waals surface area contributed by atoms with Gasteiger partial charge in [0.25, 0.3) is 0 Å². The van der Waals surface area contributed by atoms with E-state index in [4.69, 9.17) is 5.73 Å². The van der Waals surface area contributed by atoms with Gasteiger partial charge in [0.05, 0.1) is 13.2 Å². The maximum atomic E-state index is 12.5. The van der Waals surface area contributed by atoms with Gasteiger partial charge < -0.3 is 20.7 Å². The summed E-state index contributed by atoms with van der Waals surface area (Å²) in [5.74, 6) is 0.177. The monoisotopic (exact) mass is 297 g/mol. The van der Waals surface area contributed by atoms with Gasteiger partial charge in [-0.15, -0.1) is 0 Å². The van der Waals surface area contributed by atoms with Gasteiger partial charge in [-0.2, -0.15) is 0 Å². The molecule has 6 heteroatoms. The fourth-order valence-electron chi connectivity index (χ4n) is 3.52. The lowest BCUT2D eigenvalue weighted by Gasteiger charge is -2.36. The average molecular weight is 297 g/mol. The zero-order valence-electron chi connectivity index (χ0n) is 12.9. The Labute approximate surface area is 126 Å². The first kappa shape index (κ1) is 16.1. The molecular formula is C15H27N3O3. The van der Waals surface area contributed by atoms with Gasteiger partial charge in [-0.05, 0) is 31.2 Å². The Hall–Kier alpha value is -1.30. The number of nitrogens with two attached hydrogens (primary N) is 1. The highest BCUT2D eigenvalue weighted by Gasteiger charge is 2.36. The molecule has 1 aliphatic carbocycles. The summed E-state index contributed by atoms with van der Waals surface area (Å²) in [5.41, 5.74) is 5.96. The molecule has 0 spiro atoms. The molecule has 1 aliphatic heterocycles. The van der Waals surface area contributed by atoms with Crippen molar-refractivity contribution in [3.05, 3.63) is 0 Å². The molecule has 2 aliphatic rings. The predicted octanol–water partition coefficient (Wildman–Crippen LogP) is 1.24. The number of carbonyl (C=O) groups excluding carboxylic acids is 2. The number of alkyl carbamates (subject to hydrolysis) is 1. The van der Waals surface area contributed by atoms with Crippen molar-refractivity contribution in [2.24, 2.45) is 11.1 Å². The van der Waals surface area contributed by atoms with Gasteiger partial charge in [0, 0.05) is 19.5 Å². The summed E-state index contributed by atoms with van der Waals surface area (Å²) >= 11 is 0. The van der Waals surface area contributed by atoms with E-state index in [0.717, 1.165) is 19.3 Å². The van der Waals surface area contributed by atoms with Crippen LogP contribution >= 0.6 is 0 Å². The number of methoxy groups -OCH3 is 1. The highest BCUT2D eigenvalue weighted by molar-refractivity contribution is 5.77. The summed E-state index contributed by atoms with van der Waals surface area (Å²) in [6, 6.07) is 0.00147. The lowest BCUT2D eigenvalue weighted by molar-refractivity contribution is -0.133. The second kappa shape index (κ2) is 7.11. The molecule has 1 saturated heterocycles. The molecule has 1 heterocycles. The SMILES string of the molecule is COC(=O)NC1CCN(C(=O)CC2(CN)CCCCC2)C1. The summed E-state index contributed by atoms with van der Waals surface area (Å²) in [7, 11) is 1.35. The van der Waals surface area contributed by atoms with E-state index in [9.17, 15) is 9.59 Å². The smallest absolute Gasteiger partial charge is 0.407 e. The third-order valence-corrected chi connectivity index (χ3v) is 4.92. The van der Waals surface area contributed by atoms with E-state index in [-0.39, 0.29) is 17.4 Å². The van der Waals surface area contributed by atoms with Gasteiger partial charge in [-0.25, -0.2) is 4.79 Å². The molecule has 1 atom stereocenters. The Kier molecular flexibility index (Phi) is 5.45. The van der Waals surface area contributed by atoms with Crippen LogP contribution in [0.5, 0.6) is 0 Å². The zero-order valence-corrected chi connectivity index (χ0v) is 12.9.